The van der Waals surface area contributed by atoms with Crippen molar-refractivity contribution in [1.82, 2.24) is 20.0 Å². The standard InChI is InChI=1S/C14H17N5O3/c1-10-16-14(22-17-10)11-2-3-12(15-8-11)19-6-4-18(5-7-19)9-13(20)21/h2-3,8H,4-7,9H2,1H3,(H,20,21). The van der Waals surface area contributed by atoms with Crippen molar-refractivity contribution in [2.75, 3.05) is 37.6 Å². The molecule has 1 aliphatic rings. The molecule has 22 heavy (non-hydrogen) atoms. The Hall–Kier alpha value is -2.48. The summed E-state index contributed by atoms with van der Waals surface area (Å²) in [6.45, 7) is 4.83. The van der Waals surface area contributed by atoms with Gasteiger partial charge in [0, 0.05) is 32.4 Å². The zero-order valence-corrected chi connectivity index (χ0v) is 12.3. The lowest BCUT2D eigenvalue weighted by Crippen LogP contribution is -2.48. The highest BCUT2D eigenvalue weighted by molar-refractivity contribution is 5.69. The SMILES string of the molecule is Cc1noc(-c2ccc(N3CCN(CC(=O)O)CC3)nc2)n1. The highest BCUT2D eigenvalue weighted by atomic mass is 16.5. The summed E-state index contributed by atoms with van der Waals surface area (Å²) in [5.41, 5.74) is 0.786. The average Bonchev–Trinajstić information content (AvgIpc) is 2.94. The predicted octanol–water partition coefficient (Wildman–Crippen LogP) is 0.647. The third-order valence-electron chi connectivity index (χ3n) is 3.58. The molecule has 0 saturated carbocycles. The summed E-state index contributed by atoms with van der Waals surface area (Å²) >= 11 is 0. The van der Waals surface area contributed by atoms with Crippen molar-refractivity contribution in [3.8, 4) is 11.5 Å². The van der Waals surface area contributed by atoms with Gasteiger partial charge in [0.05, 0.1) is 12.1 Å². The van der Waals surface area contributed by atoms with E-state index in [2.05, 4.69) is 20.0 Å². The normalized spacial score (nSPS) is 16.0. The van der Waals surface area contributed by atoms with Gasteiger partial charge in [-0.1, -0.05) is 5.16 Å². The zero-order valence-electron chi connectivity index (χ0n) is 12.3. The van der Waals surface area contributed by atoms with Crippen molar-refractivity contribution >= 4 is 11.8 Å². The first-order valence-electron chi connectivity index (χ1n) is 7.07. The first kappa shape index (κ1) is 14.5. The Kier molecular flexibility index (Phi) is 4.01. The molecular weight excluding hydrogens is 286 g/mol. The van der Waals surface area contributed by atoms with Crippen LogP contribution < -0.4 is 4.90 Å². The van der Waals surface area contributed by atoms with Crippen molar-refractivity contribution < 1.29 is 14.4 Å². The fraction of sp³-hybridized carbons (Fsp3) is 0.429. The second-order valence-electron chi connectivity index (χ2n) is 5.21. The summed E-state index contributed by atoms with van der Waals surface area (Å²) < 4.78 is 5.11. The van der Waals surface area contributed by atoms with Crippen LogP contribution in [-0.2, 0) is 4.79 Å². The van der Waals surface area contributed by atoms with Crippen LogP contribution in [0.25, 0.3) is 11.5 Å². The summed E-state index contributed by atoms with van der Waals surface area (Å²) in [7, 11) is 0. The molecule has 2 aromatic rings. The number of aliphatic carboxylic acids is 1. The molecule has 3 rings (SSSR count). The van der Waals surface area contributed by atoms with Gasteiger partial charge in [-0.15, -0.1) is 0 Å². The number of nitrogens with zero attached hydrogens (tertiary/aromatic N) is 5. The number of carboxylic acid groups (broad SMARTS) is 1. The molecule has 116 valence electrons. The number of hydrogen-bond acceptors (Lipinski definition) is 7. The Morgan fingerprint density at radius 3 is 2.64 bits per heavy atom. The predicted molar refractivity (Wildman–Crippen MR) is 78.6 cm³/mol. The van der Waals surface area contributed by atoms with Gasteiger partial charge in [-0.2, -0.15) is 4.98 Å². The lowest BCUT2D eigenvalue weighted by Gasteiger charge is -2.34. The van der Waals surface area contributed by atoms with E-state index in [4.69, 9.17) is 9.63 Å². The van der Waals surface area contributed by atoms with Crippen LogP contribution in [0.4, 0.5) is 5.82 Å². The van der Waals surface area contributed by atoms with Crippen LogP contribution in [0.5, 0.6) is 0 Å². The Bertz CT molecular complexity index is 647. The largest absolute Gasteiger partial charge is 0.480 e. The smallest absolute Gasteiger partial charge is 0.317 e. The second-order valence-corrected chi connectivity index (χ2v) is 5.21. The van der Waals surface area contributed by atoms with Crippen LogP contribution in [0.3, 0.4) is 0 Å². The summed E-state index contributed by atoms with van der Waals surface area (Å²) in [6, 6.07) is 3.82. The minimum Gasteiger partial charge on any atom is -0.480 e. The highest BCUT2D eigenvalue weighted by Gasteiger charge is 2.19. The van der Waals surface area contributed by atoms with Gasteiger partial charge < -0.3 is 14.5 Å². The highest BCUT2D eigenvalue weighted by Crippen LogP contribution is 2.20. The lowest BCUT2D eigenvalue weighted by molar-refractivity contribution is -0.138. The van der Waals surface area contributed by atoms with Gasteiger partial charge in [0.25, 0.3) is 5.89 Å². The number of carboxylic acids is 1. The Morgan fingerprint density at radius 1 is 1.32 bits per heavy atom. The number of carbonyl (C=O) groups is 1. The van der Waals surface area contributed by atoms with E-state index in [0.717, 1.165) is 37.6 Å². The van der Waals surface area contributed by atoms with E-state index in [1.165, 1.54) is 0 Å². The second kappa shape index (κ2) is 6.10. The van der Waals surface area contributed by atoms with Crippen molar-refractivity contribution in [1.29, 1.82) is 0 Å². The first-order chi connectivity index (χ1) is 10.6. The van der Waals surface area contributed by atoms with Gasteiger partial charge >= 0.3 is 5.97 Å². The van der Waals surface area contributed by atoms with Crippen molar-refractivity contribution in [3.63, 3.8) is 0 Å². The van der Waals surface area contributed by atoms with Crippen LogP contribution >= 0.6 is 0 Å². The molecule has 0 atom stereocenters. The molecule has 1 saturated heterocycles. The Balaban J connectivity index is 1.63. The number of rotatable bonds is 4. The molecule has 0 radical (unpaired) electrons. The molecule has 3 heterocycles. The molecule has 0 spiro atoms. The van der Waals surface area contributed by atoms with Crippen molar-refractivity contribution in [2.45, 2.75) is 6.92 Å². The summed E-state index contributed by atoms with van der Waals surface area (Å²) in [5.74, 6) is 1.14. The average molecular weight is 303 g/mol. The third-order valence-corrected chi connectivity index (χ3v) is 3.58. The fourth-order valence-corrected chi connectivity index (χ4v) is 2.44. The van der Waals surface area contributed by atoms with Crippen molar-refractivity contribution in [2.24, 2.45) is 0 Å². The van der Waals surface area contributed by atoms with Gasteiger partial charge in [0.1, 0.15) is 5.82 Å². The fourth-order valence-electron chi connectivity index (χ4n) is 2.44. The van der Waals surface area contributed by atoms with E-state index in [9.17, 15) is 4.79 Å². The molecule has 0 bridgehead atoms. The van der Waals surface area contributed by atoms with Gasteiger partial charge in [-0.3, -0.25) is 9.69 Å². The van der Waals surface area contributed by atoms with Crippen LogP contribution in [0.2, 0.25) is 0 Å². The van der Waals surface area contributed by atoms with E-state index in [1.54, 1.807) is 13.1 Å². The number of piperazine rings is 1. The first-order valence-corrected chi connectivity index (χ1v) is 7.07. The molecule has 1 fully saturated rings. The molecule has 2 aromatic heterocycles. The maximum Gasteiger partial charge on any atom is 0.317 e. The zero-order chi connectivity index (χ0) is 15.5. The maximum absolute atomic E-state index is 10.7. The number of pyridine rings is 1. The van der Waals surface area contributed by atoms with E-state index in [0.29, 0.717) is 11.7 Å². The topological polar surface area (TPSA) is 95.6 Å². The Labute approximate surface area is 127 Å². The van der Waals surface area contributed by atoms with Crippen LogP contribution in [-0.4, -0.2) is 63.8 Å². The summed E-state index contributed by atoms with van der Waals surface area (Å²) in [4.78, 5) is 23.4. The number of anilines is 1. The molecule has 0 aliphatic carbocycles. The van der Waals surface area contributed by atoms with Gasteiger partial charge in [-0.05, 0) is 19.1 Å². The molecular formula is C14H17N5O3. The van der Waals surface area contributed by atoms with E-state index < -0.39 is 5.97 Å². The van der Waals surface area contributed by atoms with Gasteiger partial charge in [-0.25, -0.2) is 4.98 Å². The number of aryl methyl sites for hydroxylation is 1. The molecule has 1 N–H and O–H groups in total. The lowest BCUT2D eigenvalue weighted by atomic mass is 10.2. The van der Waals surface area contributed by atoms with Gasteiger partial charge in [0.2, 0.25) is 0 Å². The van der Waals surface area contributed by atoms with Gasteiger partial charge in [0.15, 0.2) is 5.82 Å². The molecule has 0 unspecified atom stereocenters. The van der Waals surface area contributed by atoms with Crippen LogP contribution in [0.1, 0.15) is 5.82 Å². The van der Waals surface area contributed by atoms with Crippen LogP contribution in [0.15, 0.2) is 22.9 Å². The molecule has 0 amide bonds. The molecule has 8 heteroatoms. The quantitative estimate of drug-likeness (QED) is 0.879. The summed E-state index contributed by atoms with van der Waals surface area (Å²) in [5, 5.41) is 12.6. The minimum atomic E-state index is -0.786. The molecule has 8 nitrogen and oxygen atoms in total. The molecule has 1 aliphatic heterocycles. The van der Waals surface area contributed by atoms with E-state index >= 15 is 0 Å². The van der Waals surface area contributed by atoms with E-state index in [1.807, 2.05) is 17.0 Å². The third kappa shape index (κ3) is 3.22. The van der Waals surface area contributed by atoms with Crippen molar-refractivity contribution in [3.05, 3.63) is 24.2 Å². The maximum atomic E-state index is 10.7. The Morgan fingerprint density at radius 2 is 2.09 bits per heavy atom. The number of hydrogen-bond donors (Lipinski definition) is 1. The summed E-state index contributed by atoms with van der Waals surface area (Å²) in [6.07, 6.45) is 1.71. The van der Waals surface area contributed by atoms with E-state index in [-0.39, 0.29) is 6.54 Å². The van der Waals surface area contributed by atoms with Crippen LogP contribution in [0, 0.1) is 6.92 Å². The molecule has 0 aromatic carbocycles. The number of aromatic nitrogens is 3. The monoisotopic (exact) mass is 303 g/mol. The minimum absolute atomic E-state index is 0.0940.